The third kappa shape index (κ3) is 2.61. The second kappa shape index (κ2) is 7.02. The standard InChI is InChI=1S/C21H22N4O5/c26-9-15-14-8-24-16(5-4-13(20(24)28)12-6-22-10-23-7-12)17(14)25(18(15)21(29)30)19(27)11-2-1-3-11/h4-7,10-11,14-15,17-18,26H,1-3,8-9H2,(H,29,30)/t14-,15-,17+,18-/m0/s1. The van der Waals surface area contributed by atoms with Crippen molar-refractivity contribution in [1.82, 2.24) is 19.4 Å². The van der Waals surface area contributed by atoms with E-state index >= 15 is 0 Å². The topological polar surface area (TPSA) is 126 Å². The summed E-state index contributed by atoms with van der Waals surface area (Å²) in [6, 6.07) is 1.87. The number of carboxylic acid groups (broad SMARTS) is 1. The number of rotatable bonds is 4. The minimum Gasteiger partial charge on any atom is -0.480 e. The van der Waals surface area contributed by atoms with E-state index in [1.807, 2.05) is 0 Å². The molecule has 5 rings (SSSR count). The Morgan fingerprint density at radius 2 is 1.90 bits per heavy atom. The van der Waals surface area contributed by atoms with Gasteiger partial charge < -0.3 is 19.7 Å². The highest BCUT2D eigenvalue weighted by molar-refractivity contribution is 5.87. The fraction of sp³-hybridized carbons (Fsp3) is 0.476. The predicted molar refractivity (Wildman–Crippen MR) is 104 cm³/mol. The summed E-state index contributed by atoms with van der Waals surface area (Å²) in [7, 11) is 0. The number of fused-ring (bicyclic) bond motifs is 3. The molecule has 2 N–H and O–H groups in total. The molecule has 0 spiro atoms. The number of nitrogens with zero attached hydrogens (tertiary/aromatic N) is 4. The lowest BCUT2D eigenvalue weighted by molar-refractivity contribution is -0.154. The minimum absolute atomic E-state index is 0.175. The largest absolute Gasteiger partial charge is 0.480 e. The van der Waals surface area contributed by atoms with Crippen LogP contribution in [0.2, 0.25) is 0 Å². The number of aliphatic hydroxyl groups is 1. The lowest BCUT2D eigenvalue weighted by Crippen LogP contribution is -2.49. The normalized spacial score (nSPS) is 27.4. The van der Waals surface area contributed by atoms with Gasteiger partial charge in [0.15, 0.2) is 0 Å². The zero-order valence-corrected chi connectivity index (χ0v) is 16.2. The summed E-state index contributed by atoms with van der Waals surface area (Å²) in [6.45, 7) is -0.0848. The van der Waals surface area contributed by atoms with E-state index in [0.717, 1.165) is 19.3 Å². The first-order chi connectivity index (χ1) is 14.5. The van der Waals surface area contributed by atoms with Gasteiger partial charge in [0.05, 0.1) is 11.6 Å². The van der Waals surface area contributed by atoms with Crippen molar-refractivity contribution in [3.63, 3.8) is 0 Å². The number of carboxylic acids is 1. The Bertz CT molecular complexity index is 1060. The van der Waals surface area contributed by atoms with Crippen molar-refractivity contribution < 1.29 is 19.8 Å². The highest BCUT2D eigenvalue weighted by atomic mass is 16.4. The number of aliphatic hydroxyl groups excluding tert-OH is 1. The first-order valence-electron chi connectivity index (χ1n) is 10.2. The lowest BCUT2D eigenvalue weighted by atomic mass is 9.84. The van der Waals surface area contributed by atoms with Crippen LogP contribution in [0.25, 0.3) is 11.1 Å². The van der Waals surface area contributed by atoms with Crippen LogP contribution in [0.5, 0.6) is 0 Å². The van der Waals surface area contributed by atoms with Crippen molar-refractivity contribution in [2.45, 2.75) is 37.9 Å². The van der Waals surface area contributed by atoms with Crippen LogP contribution in [-0.4, -0.2) is 54.2 Å². The number of hydrogen-bond donors (Lipinski definition) is 2. The van der Waals surface area contributed by atoms with Gasteiger partial charge in [-0.1, -0.05) is 6.42 Å². The van der Waals surface area contributed by atoms with Crippen molar-refractivity contribution in [3.8, 4) is 11.1 Å². The maximum atomic E-state index is 13.2. The number of carbonyl (C=O) groups is 2. The van der Waals surface area contributed by atoms with Gasteiger partial charge in [-0.2, -0.15) is 0 Å². The molecule has 2 aliphatic heterocycles. The molecule has 1 amide bonds. The van der Waals surface area contributed by atoms with Gasteiger partial charge in [-0.15, -0.1) is 0 Å². The van der Waals surface area contributed by atoms with E-state index in [2.05, 4.69) is 9.97 Å². The summed E-state index contributed by atoms with van der Waals surface area (Å²) in [6.07, 6.45) is 6.98. The van der Waals surface area contributed by atoms with Gasteiger partial charge in [-0.25, -0.2) is 14.8 Å². The fourth-order valence-corrected chi connectivity index (χ4v) is 5.24. The summed E-state index contributed by atoms with van der Waals surface area (Å²) in [5.74, 6) is -2.41. The number of carbonyl (C=O) groups excluding carboxylic acids is 1. The molecule has 30 heavy (non-hydrogen) atoms. The molecule has 1 aliphatic carbocycles. The van der Waals surface area contributed by atoms with Crippen LogP contribution in [0.1, 0.15) is 31.0 Å². The number of likely N-dealkylation sites (tertiary alicyclic amines) is 1. The summed E-state index contributed by atoms with van der Waals surface area (Å²) in [5.41, 5.74) is 1.45. The number of amides is 1. The molecule has 156 valence electrons. The Balaban J connectivity index is 1.61. The monoisotopic (exact) mass is 410 g/mol. The van der Waals surface area contributed by atoms with Gasteiger partial charge in [0.1, 0.15) is 12.4 Å². The van der Waals surface area contributed by atoms with E-state index in [4.69, 9.17) is 0 Å². The zero-order chi connectivity index (χ0) is 21.0. The van der Waals surface area contributed by atoms with E-state index in [1.165, 1.54) is 11.2 Å². The highest BCUT2D eigenvalue weighted by Gasteiger charge is 2.58. The van der Waals surface area contributed by atoms with Crippen molar-refractivity contribution in [2.24, 2.45) is 17.8 Å². The van der Waals surface area contributed by atoms with Crippen LogP contribution in [0, 0.1) is 17.8 Å². The average Bonchev–Trinajstić information content (AvgIpc) is 3.22. The Morgan fingerprint density at radius 1 is 1.17 bits per heavy atom. The van der Waals surface area contributed by atoms with E-state index in [9.17, 15) is 24.6 Å². The van der Waals surface area contributed by atoms with Crippen LogP contribution in [0.15, 0.2) is 35.6 Å². The Morgan fingerprint density at radius 3 is 2.50 bits per heavy atom. The molecule has 4 heterocycles. The second-order valence-electron chi connectivity index (χ2n) is 8.33. The van der Waals surface area contributed by atoms with Crippen LogP contribution in [0.3, 0.4) is 0 Å². The molecule has 9 nitrogen and oxygen atoms in total. The summed E-state index contributed by atoms with van der Waals surface area (Å²) in [4.78, 5) is 47.9. The molecule has 0 unspecified atom stereocenters. The molecule has 3 aliphatic rings. The molecule has 1 saturated carbocycles. The smallest absolute Gasteiger partial charge is 0.326 e. The zero-order valence-electron chi connectivity index (χ0n) is 16.2. The lowest BCUT2D eigenvalue weighted by Gasteiger charge is -2.35. The first-order valence-corrected chi connectivity index (χ1v) is 10.2. The second-order valence-corrected chi connectivity index (χ2v) is 8.33. The van der Waals surface area contributed by atoms with Crippen molar-refractivity contribution in [2.75, 3.05) is 6.61 Å². The fourth-order valence-electron chi connectivity index (χ4n) is 5.24. The minimum atomic E-state index is -1.11. The Hall–Kier alpha value is -3.07. The van der Waals surface area contributed by atoms with Crippen LogP contribution < -0.4 is 5.56 Å². The molecule has 2 aromatic rings. The van der Waals surface area contributed by atoms with Crippen LogP contribution in [0.4, 0.5) is 0 Å². The van der Waals surface area contributed by atoms with E-state index in [-0.39, 0.29) is 36.5 Å². The van der Waals surface area contributed by atoms with Crippen molar-refractivity contribution >= 4 is 11.9 Å². The number of pyridine rings is 1. The van der Waals surface area contributed by atoms with Crippen LogP contribution >= 0.6 is 0 Å². The highest BCUT2D eigenvalue weighted by Crippen LogP contribution is 2.50. The van der Waals surface area contributed by atoms with E-state index < -0.39 is 24.0 Å². The number of aromatic nitrogens is 3. The van der Waals surface area contributed by atoms with E-state index in [1.54, 1.807) is 29.1 Å². The maximum Gasteiger partial charge on any atom is 0.326 e. The van der Waals surface area contributed by atoms with Crippen molar-refractivity contribution in [3.05, 3.63) is 46.9 Å². The molecule has 1 saturated heterocycles. The number of aliphatic carboxylic acids is 1. The molecule has 0 radical (unpaired) electrons. The molecule has 2 fully saturated rings. The number of hydrogen-bond acceptors (Lipinski definition) is 6. The van der Waals surface area contributed by atoms with Gasteiger partial charge in [0.25, 0.3) is 5.56 Å². The van der Waals surface area contributed by atoms with Gasteiger partial charge in [-0.05, 0) is 25.0 Å². The van der Waals surface area contributed by atoms with Crippen molar-refractivity contribution in [1.29, 1.82) is 0 Å². The van der Waals surface area contributed by atoms with Gasteiger partial charge in [-0.3, -0.25) is 9.59 Å². The quantitative estimate of drug-likeness (QED) is 0.759. The maximum absolute atomic E-state index is 13.2. The molecular formula is C21H22N4O5. The first kappa shape index (κ1) is 18.9. The average molecular weight is 410 g/mol. The molecule has 0 bridgehead atoms. The van der Waals surface area contributed by atoms with Crippen LogP contribution in [-0.2, 0) is 16.1 Å². The summed E-state index contributed by atoms with van der Waals surface area (Å²) in [5, 5.41) is 19.9. The summed E-state index contributed by atoms with van der Waals surface area (Å²) >= 11 is 0. The van der Waals surface area contributed by atoms with E-state index in [0.29, 0.717) is 16.8 Å². The third-order valence-corrected chi connectivity index (χ3v) is 6.91. The van der Waals surface area contributed by atoms with Gasteiger partial charge >= 0.3 is 5.97 Å². The third-order valence-electron chi connectivity index (χ3n) is 6.91. The molecular weight excluding hydrogens is 388 g/mol. The SMILES string of the molecule is O=C(O)[C@@H]1[C@@H](CO)[C@@H]2Cn3c(ccc(-c4cncnc4)c3=O)[C@@H]2N1C(=O)C1CCC1. The predicted octanol–water partition coefficient (Wildman–Crippen LogP) is 0.680. The molecule has 0 aromatic carbocycles. The molecule has 9 heteroatoms. The molecule has 4 atom stereocenters. The Labute approximate surface area is 172 Å². The Kier molecular flexibility index (Phi) is 4.43. The summed E-state index contributed by atoms with van der Waals surface area (Å²) < 4.78 is 1.61. The molecule has 2 aromatic heterocycles. The van der Waals surface area contributed by atoms with Gasteiger partial charge in [0.2, 0.25) is 5.91 Å². The van der Waals surface area contributed by atoms with Gasteiger partial charge in [0, 0.05) is 54.6 Å².